The fraction of sp³-hybridized carbons (Fsp3) is 0.278. The number of aromatic carboxylic acids is 1. The van der Waals surface area contributed by atoms with Crippen LogP contribution in [0.25, 0.3) is 5.69 Å². The third-order valence-corrected chi connectivity index (χ3v) is 7.20. The van der Waals surface area contributed by atoms with Gasteiger partial charge in [0.2, 0.25) is 10.0 Å². The van der Waals surface area contributed by atoms with Gasteiger partial charge >= 0.3 is 5.97 Å². The van der Waals surface area contributed by atoms with Crippen LogP contribution in [0.15, 0.2) is 33.7 Å². The van der Waals surface area contributed by atoms with Crippen LogP contribution in [0, 0.1) is 13.8 Å². The van der Waals surface area contributed by atoms with Crippen molar-refractivity contribution < 1.29 is 22.8 Å². The van der Waals surface area contributed by atoms with Crippen LogP contribution in [-0.4, -0.2) is 45.3 Å². The molecule has 3 aromatic rings. The Labute approximate surface area is 171 Å². The van der Waals surface area contributed by atoms with Gasteiger partial charge in [-0.3, -0.25) is 0 Å². The molecule has 1 N–H and O–H groups in total. The molecular weight excluding hydrogens is 420 g/mol. The molecule has 0 spiro atoms. The summed E-state index contributed by atoms with van der Waals surface area (Å²) in [5.41, 5.74) is 1.78. The number of benzene rings is 1. The first-order valence-corrected chi connectivity index (χ1v) is 10.5. The molecule has 0 aliphatic carbocycles. The van der Waals surface area contributed by atoms with Gasteiger partial charge in [0.1, 0.15) is 10.6 Å². The van der Waals surface area contributed by atoms with Gasteiger partial charge in [-0.05, 0) is 38.1 Å². The first-order chi connectivity index (χ1) is 13.7. The standard InChI is InChI=1S/C18H17ClN4O5S/c1-10-17(11(2)28-21-10)29(26,27)22-8-7-15-14(9-22)16(18(24)25)20-23(15)13-5-3-12(19)4-6-13/h3-6H,7-9H2,1-2H3,(H,24,25). The molecule has 0 amide bonds. The minimum absolute atomic E-state index is 0.0166. The molecule has 0 fully saturated rings. The highest BCUT2D eigenvalue weighted by Crippen LogP contribution is 2.31. The Morgan fingerprint density at radius 3 is 2.52 bits per heavy atom. The maximum atomic E-state index is 13.1. The minimum Gasteiger partial charge on any atom is -0.476 e. The molecule has 1 aromatic carbocycles. The van der Waals surface area contributed by atoms with Crippen LogP contribution < -0.4 is 0 Å². The summed E-state index contributed by atoms with van der Waals surface area (Å²) in [6.45, 7) is 3.16. The Kier molecular flexibility index (Phi) is 4.72. The maximum absolute atomic E-state index is 13.1. The van der Waals surface area contributed by atoms with Crippen LogP contribution in [0.2, 0.25) is 5.02 Å². The summed E-state index contributed by atoms with van der Waals surface area (Å²) >= 11 is 5.93. The number of hydrogen-bond acceptors (Lipinski definition) is 6. The van der Waals surface area contributed by atoms with E-state index < -0.39 is 16.0 Å². The molecule has 3 heterocycles. The van der Waals surface area contributed by atoms with Gasteiger partial charge in [-0.2, -0.15) is 9.40 Å². The summed E-state index contributed by atoms with van der Waals surface area (Å²) in [5, 5.41) is 18.1. The topological polar surface area (TPSA) is 119 Å². The van der Waals surface area contributed by atoms with Gasteiger partial charge in [0.05, 0.1) is 11.4 Å². The van der Waals surface area contributed by atoms with Crippen LogP contribution in [0.3, 0.4) is 0 Å². The van der Waals surface area contributed by atoms with Gasteiger partial charge in [0.25, 0.3) is 0 Å². The minimum atomic E-state index is -3.90. The van der Waals surface area contributed by atoms with Gasteiger partial charge in [0, 0.05) is 30.1 Å². The summed E-state index contributed by atoms with van der Waals surface area (Å²) in [4.78, 5) is 11.8. The normalized spacial score (nSPS) is 14.7. The highest BCUT2D eigenvalue weighted by atomic mass is 35.5. The highest BCUT2D eigenvalue weighted by molar-refractivity contribution is 7.89. The Balaban J connectivity index is 1.78. The number of sulfonamides is 1. The van der Waals surface area contributed by atoms with Crippen molar-refractivity contribution in [3.63, 3.8) is 0 Å². The molecule has 0 saturated carbocycles. The largest absolute Gasteiger partial charge is 0.476 e. The van der Waals surface area contributed by atoms with Gasteiger partial charge in [-0.15, -0.1) is 0 Å². The van der Waals surface area contributed by atoms with Crippen LogP contribution in [0.5, 0.6) is 0 Å². The summed E-state index contributed by atoms with van der Waals surface area (Å²) in [6.07, 6.45) is 0.306. The molecule has 1 aliphatic rings. The number of rotatable bonds is 4. The number of halogens is 1. The van der Waals surface area contributed by atoms with E-state index in [4.69, 9.17) is 16.1 Å². The monoisotopic (exact) mass is 436 g/mol. The fourth-order valence-corrected chi connectivity index (χ4v) is 5.37. The molecule has 0 saturated heterocycles. The van der Waals surface area contributed by atoms with Crippen molar-refractivity contribution in [2.24, 2.45) is 0 Å². The summed E-state index contributed by atoms with van der Waals surface area (Å²) in [7, 11) is -3.90. The average molecular weight is 437 g/mol. The predicted molar refractivity (Wildman–Crippen MR) is 103 cm³/mol. The molecule has 4 rings (SSSR count). The third kappa shape index (κ3) is 3.22. The molecule has 9 nitrogen and oxygen atoms in total. The smallest absolute Gasteiger partial charge is 0.356 e. The van der Waals surface area contributed by atoms with E-state index >= 15 is 0 Å². The molecule has 152 valence electrons. The van der Waals surface area contributed by atoms with Crippen molar-refractivity contribution in [3.8, 4) is 5.69 Å². The van der Waals surface area contributed by atoms with Crippen molar-refractivity contribution in [3.05, 3.63) is 57.7 Å². The van der Waals surface area contributed by atoms with Crippen LogP contribution in [0.1, 0.15) is 33.2 Å². The maximum Gasteiger partial charge on any atom is 0.356 e. The van der Waals surface area contributed by atoms with Crippen molar-refractivity contribution in [2.75, 3.05) is 6.54 Å². The van der Waals surface area contributed by atoms with E-state index in [1.807, 2.05) is 0 Å². The van der Waals surface area contributed by atoms with Crippen LogP contribution in [-0.2, 0) is 23.0 Å². The zero-order valence-corrected chi connectivity index (χ0v) is 17.2. The Morgan fingerprint density at radius 2 is 1.93 bits per heavy atom. The van der Waals surface area contributed by atoms with Crippen molar-refractivity contribution in [1.29, 1.82) is 0 Å². The molecule has 0 bridgehead atoms. The predicted octanol–water partition coefficient (Wildman–Crippen LogP) is 2.58. The first kappa shape index (κ1) is 19.6. The average Bonchev–Trinajstić information content (AvgIpc) is 3.22. The van der Waals surface area contributed by atoms with Gasteiger partial charge in [-0.25, -0.2) is 17.9 Å². The van der Waals surface area contributed by atoms with Crippen LogP contribution in [0.4, 0.5) is 0 Å². The second kappa shape index (κ2) is 6.97. The summed E-state index contributed by atoms with van der Waals surface area (Å²) in [5.74, 6) is -1.02. The van der Waals surface area contributed by atoms with Gasteiger partial charge < -0.3 is 9.63 Å². The highest BCUT2D eigenvalue weighted by Gasteiger charge is 2.37. The SMILES string of the molecule is Cc1noc(C)c1S(=O)(=O)N1CCc2c(c(C(=O)O)nn2-c2ccc(Cl)cc2)C1. The van der Waals surface area contributed by atoms with Crippen molar-refractivity contribution >= 4 is 27.6 Å². The number of hydrogen-bond donors (Lipinski definition) is 1. The molecule has 1 aliphatic heterocycles. The van der Waals surface area contributed by atoms with E-state index in [9.17, 15) is 18.3 Å². The first-order valence-electron chi connectivity index (χ1n) is 8.73. The molecule has 0 radical (unpaired) electrons. The molecule has 11 heteroatoms. The molecule has 2 aromatic heterocycles. The van der Waals surface area contributed by atoms with E-state index in [2.05, 4.69) is 10.3 Å². The second-order valence-corrected chi connectivity index (χ2v) is 9.02. The molecule has 0 unspecified atom stereocenters. The lowest BCUT2D eigenvalue weighted by Gasteiger charge is -2.26. The van der Waals surface area contributed by atoms with E-state index in [1.165, 1.54) is 15.9 Å². The lowest BCUT2D eigenvalue weighted by atomic mass is 10.1. The number of aromatic nitrogens is 3. The fourth-order valence-electron chi connectivity index (χ4n) is 3.54. The lowest BCUT2D eigenvalue weighted by molar-refractivity contribution is 0.0688. The number of carbonyl (C=O) groups is 1. The van der Waals surface area contributed by atoms with Gasteiger partial charge in [-0.1, -0.05) is 16.8 Å². The Bertz CT molecular complexity index is 1190. The quantitative estimate of drug-likeness (QED) is 0.667. The lowest BCUT2D eigenvalue weighted by Crippen LogP contribution is -2.37. The zero-order valence-electron chi connectivity index (χ0n) is 15.6. The van der Waals surface area contributed by atoms with E-state index in [-0.39, 0.29) is 35.1 Å². The number of carboxylic acid groups (broad SMARTS) is 1. The third-order valence-electron chi connectivity index (χ3n) is 4.86. The van der Waals surface area contributed by atoms with Gasteiger partial charge in [0.15, 0.2) is 11.5 Å². The second-order valence-electron chi connectivity index (χ2n) is 6.71. The summed E-state index contributed by atoms with van der Waals surface area (Å²) in [6, 6.07) is 6.83. The number of nitrogens with zero attached hydrogens (tertiary/aromatic N) is 4. The zero-order chi connectivity index (χ0) is 20.9. The van der Waals surface area contributed by atoms with E-state index in [1.54, 1.807) is 31.2 Å². The van der Waals surface area contributed by atoms with Crippen LogP contribution >= 0.6 is 11.6 Å². The Hall–Kier alpha value is -2.69. The number of fused-ring (bicyclic) bond motifs is 1. The van der Waals surface area contributed by atoms with E-state index in [0.29, 0.717) is 28.4 Å². The number of carboxylic acids is 1. The molecule has 29 heavy (non-hydrogen) atoms. The van der Waals surface area contributed by atoms with Crippen molar-refractivity contribution in [1.82, 2.24) is 19.2 Å². The van der Waals surface area contributed by atoms with Crippen molar-refractivity contribution in [2.45, 2.75) is 31.7 Å². The molecule has 0 atom stereocenters. The summed E-state index contributed by atoms with van der Waals surface area (Å²) < 4.78 is 34.0. The number of aryl methyl sites for hydroxylation is 2. The Morgan fingerprint density at radius 1 is 1.24 bits per heavy atom. The van der Waals surface area contributed by atoms with E-state index in [0.717, 1.165) is 0 Å². The molecular formula is C18H17ClN4O5S.